The predicted molar refractivity (Wildman–Crippen MR) is 122 cm³/mol. The van der Waals surface area contributed by atoms with Gasteiger partial charge < -0.3 is 0 Å². The number of hydrazone groups is 2. The van der Waals surface area contributed by atoms with Gasteiger partial charge in [-0.25, -0.2) is 10.9 Å². The number of nitrogens with one attached hydrogen (secondary N) is 2. The number of hydrogen-bond donors (Lipinski definition) is 2. The fourth-order valence-electron chi connectivity index (χ4n) is 2.90. The fraction of sp³-hybridized carbons (Fsp3) is 0.292. The minimum Gasteiger partial charge on any atom is -0.298 e. The Morgan fingerprint density at radius 1 is 0.871 bits per heavy atom. The zero-order valence-electron chi connectivity index (χ0n) is 17.9. The van der Waals surface area contributed by atoms with Gasteiger partial charge in [-0.15, -0.1) is 0 Å². The van der Waals surface area contributed by atoms with Gasteiger partial charge in [0.1, 0.15) is 6.29 Å². The molecule has 0 bridgehead atoms. The minimum absolute atomic E-state index is 0.0237. The van der Waals surface area contributed by atoms with E-state index in [1.165, 1.54) is 5.56 Å². The lowest BCUT2D eigenvalue weighted by Gasteiger charge is -2.19. The van der Waals surface area contributed by atoms with E-state index in [-0.39, 0.29) is 17.7 Å². The van der Waals surface area contributed by atoms with Gasteiger partial charge >= 0.3 is 0 Å². The van der Waals surface area contributed by atoms with Gasteiger partial charge in [0.2, 0.25) is 11.8 Å². The van der Waals surface area contributed by atoms with E-state index < -0.39 is 0 Å². The van der Waals surface area contributed by atoms with E-state index in [0.29, 0.717) is 6.42 Å². The molecule has 1 atom stereocenters. The topological polar surface area (TPSA) is 100.0 Å². The molecule has 7 heteroatoms. The third kappa shape index (κ3) is 9.16. The molecule has 2 heterocycles. The normalized spacial score (nSPS) is 17.3. The number of amides is 2. The van der Waals surface area contributed by atoms with Gasteiger partial charge in [-0.3, -0.25) is 14.4 Å². The van der Waals surface area contributed by atoms with Crippen molar-refractivity contribution in [2.75, 3.05) is 0 Å². The van der Waals surface area contributed by atoms with Crippen LogP contribution in [0.2, 0.25) is 0 Å². The number of carbonyl (C=O) groups excluding carboxylic acids is 3. The van der Waals surface area contributed by atoms with Crippen LogP contribution in [0.1, 0.15) is 49.0 Å². The minimum atomic E-state index is 0.0237. The van der Waals surface area contributed by atoms with Crippen LogP contribution in [0, 0.1) is 5.92 Å². The number of nitrogens with zero attached hydrogens (tertiary/aromatic N) is 2. The Bertz CT molecular complexity index is 924. The van der Waals surface area contributed by atoms with Gasteiger partial charge in [-0.05, 0) is 38.7 Å². The highest BCUT2D eigenvalue weighted by atomic mass is 16.2. The fourth-order valence-corrected chi connectivity index (χ4v) is 2.90. The van der Waals surface area contributed by atoms with Crippen molar-refractivity contribution in [3.8, 4) is 0 Å². The third-order valence-electron chi connectivity index (χ3n) is 4.62. The summed E-state index contributed by atoms with van der Waals surface area (Å²) in [6.45, 7) is 3.84. The second-order valence-electron chi connectivity index (χ2n) is 7.32. The smallest absolute Gasteiger partial charge is 0.243 e. The van der Waals surface area contributed by atoms with Crippen LogP contribution in [0.5, 0.6) is 0 Å². The van der Waals surface area contributed by atoms with Gasteiger partial charge in [0.05, 0.1) is 0 Å². The molecule has 7 nitrogen and oxygen atoms in total. The molecule has 0 saturated carbocycles. The highest BCUT2D eigenvalue weighted by Crippen LogP contribution is 2.15. The van der Waals surface area contributed by atoms with Crippen LogP contribution < -0.4 is 10.9 Å². The lowest BCUT2D eigenvalue weighted by molar-refractivity contribution is -0.125. The van der Waals surface area contributed by atoms with E-state index in [1.807, 2.05) is 62.4 Å². The van der Waals surface area contributed by atoms with E-state index in [4.69, 9.17) is 0 Å². The Hall–Kier alpha value is -3.61. The monoisotopic (exact) mass is 420 g/mol. The standard InChI is InChI=1S/C12H14N2O.C7H6O.C5H8N2O/c1-9-7-11(12(15)14-13-9)8-10-5-3-2-4-6-10;8-6-7-4-2-1-3-5-7;1-4-2-3-5(8)7-6-4/h2-6,11H,7-8H2,1H3,(H,14,15);1-6H;2-3H2,1H3,(H,7,8). The van der Waals surface area contributed by atoms with Crippen molar-refractivity contribution >= 4 is 29.5 Å². The first-order valence-corrected chi connectivity index (χ1v) is 10.2. The first-order valence-electron chi connectivity index (χ1n) is 10.2. The second kappa shape index (κ2) is 12.8. The molecule has 31 heavy (non-hydrogen) atoms. The second-order valence-corrected chi connectivity index (χ2v) is 7.32. The van der Waals surface area contributed by atoms with E-state index >= 15 is 0 Å². The summed E-state index contributed by atoms with van der Waals surface area (Å²) in [6.07, 6.45) is 3.79. The highest BCUT2D eigenvalue weighted by molar-refractivity contribution is 5.92. The maximum absolute atomic E-state index is 11.5. The number of carbonyl (C=O) groups is 3. The third-order valence-corrected chi connectivity index (χ3v) is 4.62. The summed E-state index contributed by atoms with van der Waals surface area (Å²) in [5, 5.41) is 7.65. The largest absolute Gasteiger partial charge is 0.298 e. The SMILES string of the molecule is CC1=NNC(=O)C(Cc2ccccc2)C1.CC1=NNC(=O)CC1.O=Cc1ccccc1. The summed E-state index contributed by atoms with van der Waals surface area (Å²) in [5.41, 5.74) is 8.86. The molecule has 2 N–H and O–H groups in total. The molecule has 2 aromatic carbocycles. The molecule has 162 valence electrons. The molecule has 0 aromatic heterocycles. The van der Waals surface area contributed by atoms with E-state index in [2.05, 4.69) is 21.1 Å². The lowest BCUT2D eigenvalue weighted by Crippen LogP contribution is -2.34. The summed E-state index contributed by atoms with van der Waals surface area (Å²) < 4.78 is 0. The molecule has 0 fully saturated rings. The molecule has 4 rings (SSSR count). The summed E-state index contributed by atoms with van der Waals surface area (Å²) in [6, 6.07) is 19.2. The molecule has 1 unspecified atom stereocenters. The van der Waals surface area contributed by atoms with Crippen molar-refractivity contribution in [2.45, 2.75) is 39.5 Å². The Labute approximate surface area is 182 Å². The zero-order chi connectivity index (χ0) is 22.5. The van der Waals surface area contributed by atoms with E-state index in [1.54, 1.807) is 12.1 Å². The van der Waals surface area contributed by atoms with Gasteiger partial charge in [-0.2, -0.15) is 10.2 Å². The number of rotatable bonds is 3. The molecule has 2 aromatic rings. The van der Waals surface area contributed by atoms with Crippen LogP contribution in [0.4, 0.5) is 0 Å². The Morgan fingerprint density at radius 2 is 1.48 bits per heavy atom. The first kappa shape index (κ1) is 23.7. The molecular weight excluding hydrogens is 392 g/mol. The molecule has 0 saturated heterocycles. The maximum Gasteiger partial charge on any atom is 0.243 e. The molecule has 0 aliphatic carbocycles. The van der Waals surface area contributed by atoms with Crippen molar-refractivity contribution < 1.29 is 14.4 Å². The van der Waals surface area contributed by atoms with Crippen molar-refractivity contribution in [3.63, 3.8) is 0 Å². The molecule has 0 radical (unpaired) electrons. The summed E-state index contributed by atoms with van der Waals surface area (Å²) in [5.74, 6) is 0.0879. The van der Waals surface area contributed by atoms with Crippen LogP contribution in [-0.4, -0.2) is 29.5 Å². The summed E-state index contributed by atoms with van der Waals surface area (Å²) in [4.78, 5) is 31.9. The quantitative estimate of drug-likeness (QED) is 0.743. The lowest BCUT2D eigenvalue weighted by atomic mass is 9.93. The van der Waals surface area contributed by atoms with Crippen molar-refractivity contribution in [1.82, 2.24) is 10.9 Å². The Morgan fingerprint density at radius 3 is 2.00 bits per heavy atom. The van der Waals surface area contributed by atoms with E-state index in [9.17, 15) is 14.4 Å². The average Bonchev–Trinajstić information content (AvgIpc) is 2.80. The van der Waals surface area contributed by atoms with Crippen molar-refractivity contribution in [2.24, 2.45) is 16.1 Å². The van der Waals surface area contributed by atoms with Crippen molar-refractivity contribution in [1.29, 1.82) is 0 Å². The van der Waals surface area contributed by atoms with Crippen LogP contribution in [0.3, 0.4) is 0 Å². The highest BCUT2D eigenvalue weighted by Gasteiger charge is 2.23. The molecular formula is C24H28N4O3. The first-order chi connectivity index (χ1) is 15.0. The number of aldehydes is 1. The van der Waals surface area contributed by atoms with Crippen LogP contribution in [0.15, 0.2) is 70.9 Å². The maximum atomic E-state index is 11.5. The van der Waals surface area contributed by atoms with Gasteiger partial charge in [0.25, 0.3) is 0 Å². The predicted octanol–water partition coefficient (Wildman–Crippen LogP) is 3.51. The van der Waals surface area contributed by atoms with Crippen molar-refractivity contribution in [3.05, 3.63) is 71.8 Å². The van der Waals surface area contributed by atoms with Gasteiger partial charge in [-0.1, -0.05) is 60.7 Å². The van der Waals surface area contributed by atoms with Crippen LogP contribution in [0.25, 0.3) is 0 Å². The van der Waals surface area contributed by atoms with Crippen LogP contribution in [-0.2, 0) is 16.0 Å². The number of hydrogen-bond acceptors (Lipinski definition) is 5. The average molecular weight is 421 g/mol. The molecule has 0 spiro atoms. The number of benzene rings is 2. The Kier molecular flexibility index (Phi) is 9.81. The van der Waals surface area contributed by atoms with E-state index in [0.717, 1.165) is 42.5 Å². The summed E-state index contributed by atoms with van der Waals surface area (Å²) in [7, 11) is 0. The zero-order valence-corrected chi connectivity index (χ0v) is 17.9. The molecule has 2 aliphatic heterocycles. The molecule has 2 aliphatic rings. The molecule has 2 amide bonds. The summed E-state index contributed by atoms with van der Waals surface area (Å²) >= 11 is 0. The van der Waals surface area contributed by atoms with Crippen LogP contribution >= 0.6 is 0 Å². The Balaban J connectivity index is 0.000000181. The van der Waals surface area contributed by atoms with Gasteiger partial charge in [0, 0.05) is 29.3 Å². The van der Waals surface area contributed by atoms with Gasteiger partial charge in [0.15, 0.2) is 0 Å².